The molecule has 1 aliphatic carbocycles. The van der Waals surface area contributed by atoms with Gasteiger partial charge < -0.3 is 9.64 Å². The van der Waals surface area contributed by atoms with Crippen LogP contribution in [0.3, 0.4) is 0 Å². The standard InChI is InChI=1S/C13H21N3O/c1-15-7-6-12(9-15)17-13-8-14-16(10-13)11-4-2-3-5-11/h8,10-12H,2-7,9H2,1H3. The monoisotopic (exact) mass is 235 g/mol. The predicted molar refractivity (Wildman–Crippen MR) is 66.3 cm³/mol. The van der Waals surface area contributed by atoms with E-state index in [0.717, 1.165) is 25.3 Å². The Balaban J connectivity index is 1.60. The van der Waals surface area contributed by atoms with Crippen LogP contribution in [0.25, 0.3) is 0 Å². The van der Waals surface area contributed by atoms with Gasteiger partial charge in [-0.3, -0.25) is 4.68 Å². The third-order valence-corrected chi connectivity index (χ3v) is 3.93. The van der Waals surface area contributed by atoms with E-state index in [4.69, 9.17) is 4.74 Å². The van der Waals surface area contributed by atoms with Crippen LogP contribution in [0.2, 0.25) is 0 Å². The van der Waals surface area contributed by atoms with Crippen molar-refractivity contribution in [2.75, 3.05) is 20.1 Å². The van der Waals surface area contributed by atoms with Gasteiger partial charge in [-0.05, 0) is 26.3 Å². The molecular weight excluding hydrogens is 214 g/mol. The smallest absolute Gasteiger partial charge is 0.157 e. The normalized spacial score (nSPS) is 26.8. The maximum atomic E-state index is 5.96. The van der Waals surface area contributed by atoms with Crippen LogP contribution in [-0.2, 0) is 0 Å². The zero-order chi connectivity index (χ0) is 11.7. The zero-order valence-electron chi connectivity index (χ0n) is 10.5. The number of rotatable bonds is 3. The lowest BCUT2D eigenvalue weighted by Gasteiger charge is -2.12. The van der Waals surface area contributed by atoms with Gasteiger partial charge in [0.25, 0.3) is 0 Å². The van der Waals surface area contributed by atoms with Crippen molar-refractivity contribution in [3.05, 3.63) is 12.4 Å². The number of hydrogen-bond donors (Lipinski definition) is 0. The van der Waals surface area contributed by atoms with Gasteiger partial charge in [-0.15, -0.1) is 0 Å². The van der Waals surface area contributed by atoms with Crippen LogP contribution in [0.1, 0.15) is 38.1 Å². The number of nitrogens with zero attached hydrogens (tertiary/aromatic N) is 3. The maximum absolute atomic E-state index is 5.96. The molecule has 3 rings (SSSR count). The van der Waals surface area contributed by atoms with Crippen molar-refractivity contribution in [1.82, 2.24) is 14.7 Å². The summed E-state index contributed by atoms with van der Waals surface area (Å²) in [5.41, 5.74) is 0. The van der Waals surface area contributed by atoms with Crippen LogP contribution in [0.5, 0.6) is 5.75 Å². The van der Waals surface area contributed by atoms with E-state index in [9.17, 15) is 0 Å². The minimum Gasteiger partial charge on any atom is -0.486 e. The van der Waals surface area contributed by atoms with Crippen molar-refractivity contribution in [3.63, 3.8) is 0 Å². The summed E-state index contributed by atoms with van der Waals surface area (Å²) < 4.78 is 8.06. The Morgan fingerprint density at radius 3 is 2.82 bits per heavy atom. The third-order valence-electron chi connectivity index (χ3n) is 3.93. The van der Waals surface area contributed by atoms with Crippen molar-refractivity contribution < 1.29 is 4.74 Å². The summed E-state index contributed by atoms with van der Waals surface area (Å²) in [5.74, 6) is 0.942. The second-order valence-electron chi connectivity index (χ2n) is 5.39. The molecule has 17 heavy (non-hydrogen) atoms. The van der Waals surface area contributed by atoms with Crippen LogP contribution in [0.15, 0.2) is 12.4 Å². The Labute approximate surface area is 103 Å². The van der Waals surface area contributed by atoms with Crippen LogP contribution in [0.4, 0.5) is 0 Å². The minimum absolute atomic E-state index is 0.348. The molecule has 1 saturated carbocycles. The Morgan fingerprint density at radius 2 is 2.12 bits per heavy atom. The fraction of sp³-hybridized carbons (Fsp3) is 0.769. The maximum Gasteiger partial charge on any atom is 0.157 e. The van der Waals surface area contributed by atoms with Crippen molar-refractivity contribution in [3.8, 4) is 5.75 Å². The van der Waals surface area contributed by atoms with Gasteiger partial charge in [-0.1, -0.05) is 12.8 Å². The fourth-order valence-corrected chi connectivity index (χ4v) is 2.93. The minimum atomic E-state index is 0.348. The Hall–Kier alpha value is -1.03. The molecule has 2 aliphatic rings. The molecule has 0 N–H and O–H groups in total. The molecule has 0 amide bonds. The first kappa shape index (κ1) is 11.1. The van der Waals surface area contributed by atoms with Crippen molar-refractivity contribution in [2.45, 2.75) is 44.2 Å². The van der Waals surface area contributed by atoms with Crippen molar-refractivity contribution >= 4 is 0 Å². The highest BCUT2D eigenvalue weighted by Crippen LogP contribution is 2.30. The Bertz CT molecular complexity index is 370. The quantitative estimate of drug-likeness (QED) is 0.803. The summed E-state index contributed by atoms with van der Waals surface area (Å²) in [5, 5.41) is 4.44. The molecule has 2 fully saturated rings. The predicted octanol–water partition coefficient (Wildman–Crippen LogP) is 2.08. The summed E-state index contributed by atoms with van der Waals surface area (Å²) in [4.78, 5) is 2.31. The number of aromatic nitrogens is 2. The van der Waals surface area contributed by atoms with E-state index in [-0.39, 0.29) is 0 Å². The average molecular weight is 235 g/mol. The molecule has 1 aliphatic heterocycles. The van der Waals surface area contributed by atoms with E-state index in [1.165, 1.54) is 25.7 Å². The molecule has 1 aromatic heterocycles. The third kappa shape index (κ3) is 2.46. The Kier molecular flexibility index (Phi) is 3.05. The summed E-state index contributed by atoms with van der Waals surface area (Å²) in [6.07, 6.45) is 10.7. The fourth-order valence-electron chi connectivity index (χ4n) is 2.93. The second-order valence-corrected chi connectivity index (χ2v) is 5.39. The van der Waals surface area contributed by atoms with E-state index in [0.29, 0.717) is 12.1 Å². The Morgan fingerprint density at radius 1 is 1.29 bits per heavy atom. The number of hydrogen-bond acceptors (Lipinski definition) is 3. The van der Waals surface area contributed by atoms with E-state index in [1.807, 2.05) is 6.20 Å². The van der Waals surface area contributed by atoms with Crippen LogP contribution in [-0.4, -0.2) is 40.9 Å². The number of ether oxygens (including phenoxy) is 1. The molecule has 0 bridgehead atoms. The van der Waals surface area contributed by atoms with Gasteiger partial charge >= 0.3 is 0 Å². The number of likely N-dealkylation sites (N-methyl/N-ethyl adjacent to an activating group) is 1. The van der Waals surface area contributed by atoms with Gasteiger partial charge in [-0.2, -0.15) is 5.10 Å². The van der Waals surface area contributed by atoms with E-state index < -0.39 is 0 Å². The molecule has 0 aromatic carbocycles. The lowest BCUT2D eigenvalue weighted by atomic mass is 10.3. The van der Waals surface area contributed by atoms with Gasteiger partial charge in [0.05, 0.1) is 18.4 Å². The molecule has 1 atom stereocenters. The van der Waals surface area contributed by atoms with Gasteiger partial charge in [0.15, 0.2) is 5.75 Å². The summed E-state index contributed by atoms with van der Waals surface area (Å²) in [6, 6.07) is 0.610. The van der Waals surface area contributed by atoms with Crippen LogP contribution in [0, 0.1) is 0 Å². The molecule has 4 heteroatoms. The van der Waals surface area contributed by atoms with Crippen molar-refractivity contribution in [2.24, 2.45) is 0 Å². The first-order valence-electron chi connectivity index (χ1n) is 6.70. The molecule has 1 aromatic rings. The molecule has 0 radical (unpaired) electrons. The lowest BCUT2D eigenvalue weighted by molar-refractivity contribution is 0.207. The van der Waals surface area contributed by atoms with Gasteiger partial charge in [-0.25, -0.2) is 0 Å². The SMILES string of the molecule is CN1CCC(Oc2cnn(C3CCCC3)c2)C1. The van der Waals surface area contributed by atoms with Gasteiger partial charge in [0.2, 0.25) is 0 Å². The molecular formula is C13H21N3O. The van der Waals surface area contributed by atoms with Crippen LogP contribution < -0.4 is 4.74 Å². The summed E-state index contributed by atoms with van der Waals surface area (Å²) in [6.45, 7) is 2.18. The summed E-state index contributed by atoms with van der Waals surface area (Å²) >= 11 is 0. The molecule has 1 unspecified atom stereocenters. The van der Waals surface area contributed by atoms with Gasteiger partial charge in [0.1, 0.15) is 6.10 Å². The van der Waals surface area contributed by atoms with Gasteiger partial charge in [0, 0.05) is 13.1 Å². The molecule has 4 nitrogen and oxygen atoms in total. The van der Waals surface area contributed by atoms with Crippen molar-refractivity contribution in [1.29, 1.82) is 0 Å². The lowest BCUT2D eigenvalue weighted by Crippen LogP contribution is -2.21. The first-order chi connectivity index (χ1) is 8.31. The van der Waals surface area contributed by atoms with E-state index in [2.05, 4.69) is 27.9 Å². The topological polar surface area (TPSA) is 30.3 Å². The van der Waals surface area contributed by atoms with Crippen LogP contribution >= 0.6 is 0 Å². The second kappa shape index (κ2) is 4.69. The molecule has 2 heterocycles. The summed E-state index contributed by atoms with van der Waals surface area (Å²) in [7, 11) is 2.14. The van der Waals surface area contributed by atoms with E-state index in [1.54, 1.807) is 0 Å². The average Bonchev–Trinajstić information content (AvgIpc) is 3.00. The first-order valence-corrected chi connectivity index (χ1v) is 6.70. The largest absolute Gasteiger partial charge is 0.486 e. The highest BCUT2D eigenvalue weighted by Gasteiger charge is 2.22. The molecule has 1 saturated heterocycles. The zero-order valence-corrected chi connectivity index (χ0v) is 10.5. The highest BCUT2D eigenvalue weighted by molar-refractivity contribution is 5.13. The molecule has 94 valence electrons. The highest BCUT2D eigenvalue weighted by atomic mass is 16.5. The molecule has 0 spiro atoms. The number of likely N-dealkylation sites (tertiary alicyclic amines) is 1. The van der Waals surface area contributed by atoms with E-state index >= 15 is 0 Å².